The molecule has 1 aromatic carbocycles. The fourth-order valence-electron chi connectivity index (χ4n) is 1.81. The summed E-state index contributed by atoms with van der Waals surface area (Å²) in [6, 6.07) is 9.76. The second-order valence-electron chi connectivity index (χ2n) is 4.59. The second-order valence-corrected chi connectivity index (χ2v) is 4.59. The lowest BCUT2D eigenvalue weighted by atomic mass is 10.1. The van der Waals surface area contributed by atoms with Crippen molar-refractivity contribution >= 4 is 17.6 Å². The molecule has 0 spiro atoms. The first-order valence-electron chi connectivity index (χ1n) is 6.83. The molecule has 0 saturated carbocycles. The Labute approximate surface area is 127 Å². The Balaban J connectivity index is 1.61. The number of nitrogen functional groups attached to an aromatic ring is 1. The largest absolute Gasteiger partial charge is 0.379 e. The monoisotopic (exact) mass is 303 g/mol. The average molecular weight is 303 g/mol. The molecule has 4 N–H and O–H groups in total. The van der Waals surface area contributed by atoms with E-state index in [2.05, 4.69) is 25.6 Å². The van der Waals surface area contributed by atoms with E-state index in [4.69, 9.17) is 5.73 Å². The number of hydrogen-bond acceptors (Lipinski definition) is 6. The summed E-state index contributed by atoms with van der Waals surface area (Å²) in [5.41, 5.74) is 6.44. The lowest BCUT2D eigenvalue weighted by Gasteiger charge is -2.06. The van der Waals surface area contributed by atoms with Crippen molar-refractivity contribution in [2.75, 3.05) is 18.8 Å². The van der Waals surface area contributed by atoms with Gasteiger partial charge in [0, 0.05) is 19.5 Å². The molecule has 0 aliphatic carbocycles. The molecule has 0 bridgehead atoms. The Morgan fingerprint density at radius 2 is 1.82 bits per heavy atom. The predicted octanol–water partition coefficient (Wildman–Crippen LogP) is 0.131. The first-order valence-corrected chi connectivity index (χ1v) is 6.83. The summed E-state index contributed by atoms with van der Waals surface area (Å²) < 4.78 is 4.33. The Morgan fingerprint density at radius 1 is 1.09 bits per heavy atom. The van der Waals surface area contributed by atoms with Crippen molar-refractivity contribution in [3.63, 3.8) is 0 Å². The van der Waals surface area contributed by atoms with E-state index in [-0.39, 0.29) is 24.0 Å². The van der Waals surface area contributed by atoms with Crippen LogP contribution in [0.5, 0.6) is 0 Å². The molecule has 0 atom stereocenters. The van der Waals surface area contributed by atoms with Crippen LogP contribution in [0.1, 0.15) is 22.5 Å². The minimum atomic E-state index is -0.489. The number of carbonyl (C=O) groups is 2. The maximum Gasteiger partial charge on any atom is 0.277 e. The highest BCUT2D eigenvalue weighted by molar-refractivity contribution is 5.95. The van der Waals surface area contributed by atoms with Crippen LogP contribution in [0.15, 0.2) is 35.0 Å². The van der Waals surface area contributed by atoms with E-state index < -0.39 is 5.91 Å². The van der Waals surface area contributed by atoms with Crippen LogP contribution in [0.25, 0.3) is 0 Å². The van der Waals surface area contributed by atoms with E-state index >= 15 is 0 Å². The van der Waals surface area contributed by atoms with Gasteiger partial charge in [0.2, 0.25) is 17.4 Å². The fraction of sp³-hybridized carbons (Fsp3) is 0.286. The van der Waals surface area contributed by atoms with Crippen molar-refractivity contribution in [3.8, 4) is 0 Å². The Bertz CT molecular complexity index is 626. The molecule has 2 rings (SSSR count). The van der Waals surface area contributed by atoms with Crippen molar-refractivity contribution in [2.45, 2.75) is 12.8 Å². The molecule has 0 fully saturated rings. The Hall–Kier alpha value is -2.90. The number of nitrogens with zero attached hydrogens (tertiary/aromatic N) is 2. The Morgan fingerprint density at radius 3 is 2.50 bits per heavy atom. The number of aryl methyl sites for hydroxylation is 1. The molecular weight excluding hydrogens is 286 g/mol. The smallest absolute Gasteiger partial charge is 0.277 e. The van der Waals surface area contributed by atoms with E-state index in [1.165, 1.54) is 0 Å². The molecule has 2 amide bonds. The van der Waals surface area contributed by atoms with E-state index in [1.54, 1.807) is 0 Å². The van der Waals surface area contributed by atoms with Gasteiger partial charge in [-0.1, -0.05) is 30.3 Å². The number of benzene rings is 1. The molecule has 0 radical (unpaired) electrons. The van der Waals surface area contributed by atoms with E-state index in [0.29, 0.717) is 19.4 Å². The standard InChI is InChI=1S/C14H17N5O3/c15-13-12(18-22-19-13)14(21)17-9-8-16-11(20)7-6-10-4-2-1-3-5-10/h1-5H,6-9H2,(H2,15,19)(H,16,20)(H,17,21). The van der Waals surface area contributed by atoms with Crippen molar-refractivity contribution in [3.05, 3.63) is 41.6 Å². The maximum atomic E-state index is 11.7. The minimum Gasteiger partial charge on any atom is -0.379 e. The van der Waals surface area contributed by atoms with Gasteiger partial charge in [-0.3, -0.25) is 9.59 Å². The molecule has 1 heterocycles. The third kappa shape index (κ3) is 4.58. The van der Waals surface area contributed by atoms with Crippen LogP contribution in [0.3, 0.4) is 0 Å². The van der Waals surface area contributed by atoms with Gasteiger partial charge in [-0.2, -0.15) is 0 Å². The predicted molar refractivity (Wildman–Crippen MR) is 78.8 cm³/mol. The van der Waals surface area contributed by atoms with Crippen LogP contribution in [-0.2, 0) is 11.2 Å². The molecule has 2 aromatic rings. The van der Waals surface area contributed by atoms with Crippen molar-refractivity contribution < 1.29 is 14.2 Å². The SMILES string of the molecule is Nc1nonc1C(=O)NCCNC(=O)CCc1ccccc1. The topological polar surface area (TPSA) is 123 Å². The summed E-state index contributed by atoms with van der Waals surface area (Å²) in [5.74, 6) is -0.623. The third-order valence-corrected chi connectivity index (χ3v) is 2.95. The highest BCUT2D eigenvalue weighted by atomic mass is 16.6. The molecule has 8 heteroatoms. The number of hydrogen-bond donors (Lipinski definition) is 3. The molecule has 0 unspecified atom stereocenters. The molecule has 1 aromatic heterocycles. The summed E-state index contributed by atoms with van der Waals surface area (Å²) in [5, 5.41) is 12.0. The number of amides is 2. The van der Waals surface area contributed by atoms with Gasteiger partial charge in [0.1, 0.15) is 0 Å². The molecule has 116 valence electrons. The molecule has 0 saturated heterocycles. The van der Waals surface area contributed by atoms with Gasteiger partial charge in [0.05, 0.1) is 0 Å². The highest BCUT2D eigenvalue weighted by Gasteiger charge is 2.14. The van der Waals surface area contributed by atoms with Gasteiger partial charge in [-0.05, 0) is 22.3 Å². The van der Waals surface area contributed by atoms with E-state index in [1.807, 2.05) is 30.3 Å². The van der Waals surface area contributed by atoms with Gasteiger partial charge in [-0.15, -0.1) is 0 Å². The normalized spacial score (nSPS) is 10.2. The summed E-state index contributed by atoms with van der Waals surface area (Å²) in [7, 11) is 0. The van der Waals surface area contributed by atoms with Crippen LogP contribution >= 0.6 is 0 Å². The zero-order chi connectivity index (χ0) is 15.8. The van der Waals surface area contributed by atoms with Crippen molar-refractivity contribution in [1.29, 1.82) is 0 Å². The summed E-state index contributed by atoms with van der Waals surface area (Å²) in [4.78, 5) is 23.3. The molecule has 22 heavy (non-hydrogen) atoms. The number of nitrogens with two attached hydrogens (primary N) is 1. The number of carbonyl (C=O) groups excluding carboxylic acids is 2. The van der Waals surface area contributed by atoms with Crippen LogP contribution in [0, 0.1) is 0 Å². The number of nitrogens with one attached hydrogen (secondary N) is 2. The second kappa shape index (κ2) is 7.77. The number of anilines is 1. The van der Waals surface area contributed by atoms with Gasteiger partial charge in [0.15, 0.2) is 0 Å². The zero-order valence-corrected chi connectivity index (χ0v) is 11.9. The molecule has 0 aliphatic rings. The molecular formula is C14H17N5O3. The summed E-state index contributed by atoms with van der Waals surface area (Å²) >= 11 is 0. The third-order valence-electron chi connectivity index (χ3n) is 2.95. The quantitative estimate of drug-likeness (QED) is 0.625. The van der Waals surface area contributed by atoms with Gasteiger partial charge in [0.25, 0.3) is 5.91 Å². The van der Waals surface area contributed by atoms with Crippen molar-refractivity contribution in [1.82, 2.24) is 20.9 Å². The lowest BCUT2D eigenvalue weighted by Crippen LogP contribution is -2.35. The summed E-state index contributed by atoms with van der Waals surface area (Å²) in [6.07, 6.45) is 1.08. The highest BCUT2D eigenvalue weighted by Crippen LogP contribution is 2.03. The molecule has 8 nitrogen and oxygen atoms in total. The van der Waals surface area contributed by atoms with Gasteiger partial charge >= 0.3 is 0 Å². The van der Waals surface area contributed by atoms with Gasteiger partial charge < -0.3 is 16.4 Å². The van der Waals surface area contributed by atoms with E-state index in [9.17, 15) is 9.59 Å². The number of rotatable bonds is 7. The van der Waals surface area contributed by atoms with Crippen LogP contribution < -0.4 is 16.4 Å². The average Bonchev–Trinajstić information content (AvgIpc) is 2.96. The van der Waals surface area contributed by atoms with Crippen LogP contribution in [0.4, 0.5) is 5.82 Å². The fourth-order valence-corrected chi connectivity index (χ4v) is 1.81. The number of aromatic nitrogens is 2. The van der Waals surface area contributed by atoms with Crippen LogP contribution in [-0.4, -0.2) is 35.2 Å². The van der Waals surface area contributed by atoms with Crippen molar-refractivity contribution in [2.24, 2.45) is 0 Å². The minimum absolute atomic E-state index is 0.0598. The first kappa shape index (κ1) is 15.5. The zero-order valence-electron chi connectivity index (χ0n) is 11.9. The van der Waals surface area contributed by atoms with E-state index in [0.717, 1.165) is 5.56 Å². The molecule has 0 aliphatic heterocycles. The lowest BCUT2D eigenvalue weighted by molar-refractivity contribution is -0.121. The summed E-state index contributed by atoms with van der Waals surface area (Å²) in [6.45, 7) is 0.590. The maximum absolute atomic E-state index is 11.7. The van der Waals surface area contributed by atoms with Crippen LogP contribution in [0.2, 0.25) is 0 Å². The van der Waals surface area contributed by atoms with Gasteiger partial charge in [-0.25, -0.2) is 4.63 Å². The first-order chi connectivity index (χ1) is 10.7. The Kier molecular flexibility index (Phi) is 5.47.